The zero-order valence-electron chi connectivity index (χ0n) is 13.4. The molecular formula is C17H19N3O3. The molecule has 120 valence electrons. The molecule has 2 aliphatic heterocycles. The summed E-state index contributed by atoms with van der Waals surface area (Å²) in [6, 6.07) is 5.85. The van der Waals surface area contributed by atoms with Crippen molar-refractivity contribution in [2.75, 3.05) is 12.1 Å². The van der Waals surface area contributed by atoms with Gasteiger partial charge in [0.2, 0.25) is 12.7 Å². The molecule has 6 nitrogen and oxygen atoms in total. The topological polar surface area (TPSA) is 65.4 Å². The fourth-order valence-electron chi connectivity index (χ4n) is 3.44. The van der Waals surface area contributed by atoms with Crippen molar-refractivity contribution in [3.63, 3.8) is 0 Å². The van der Waals surface area contributed by atoms with E-state index in [-0.39, 0.29) is 24.5 Å². The van der Waals surface area contributed by atoms with Gasteiger partial charge in [0.15, 0.2) is 11.5 Å². The first-order chi connectivity index (χ1) is 11.1. The number of nitrogens with one attached hydrogen (secondary N) is 1. The zero-order chi connectivity index (χ0) is 16.1. The minimum absolute atomic E-state index is 0.00248. The minimum atomic E-state index is -0.0681. The van der Waals surface area contributed by atoms with E-state index < -0.39 is 0 Å². The second-order valence-corrected chi connectivity index (χ2v) is 6.31. The summed E-state index contributed by atoms with van der Waals surface area (Å²) in [4.78, 5) is 12.2. The lowest BCUT2D eigenvalue weighted by molar-refractivity contribution is -0.116. The van der Waals surface area contributed by atoms with Crippen molar-refractivity contribution in [2.24, 2.45) is 7.05 Å². The summed E-state index contributed by atoms with van der Waals surface area (Å²) in [7, 11) is 1.86. The van der Waals surface area contributed by atoms with Crippen molar-refractivity contribution in [3.8, 4) is 11.5 Å². The summed E-state index contributed by atoms with van der Waals surface area (Å²) in [5.74, 6) is 2.48. The highest BCUT2D eigenvalue weighted by Gasteiger charge is 2.36. The van der Waals surface area contributed by atoms with E-state index in [0.29, 0.717) is 6.42 Å². The molecule has 3 heterocycles. The van der Waals surface area contributed by atoms with Gasteiger partial charge < -0.3 is 14.8 Å². The van der Waals surface area contributed by atoms with Crippen molar-refractivity contribution in [1.29, 1.82) is 0 Å². The van der Waals surface area contributed by atoms with Crippen LogP contribution in [0.15, 0.2) is 18.2 Å². The fourth-order valence-corrected chi connectivity index (χ4v) is 3.44. The molecule has 23 heavy (non-hydrogen) atoms. The van der Waals surface area contributed by atoms with Gasteiger partial charge in [-0.05, 0) is 12.0 Å². The van der Waals surface area contributed by atoms with E-state index in [4.69, 9.17) is 9.47 Å². The molecule has 0 saturated carbocycles. The number of fused-ring (bicyclic) bond motifs is 2. The first kappa shape index (κ1) is 14.1. The number of aromatic nitrogens is 2. The maximum absolute atomic E-state index is 12.2. The van der Waals surface area contributed by atoms with Crippen LogP contribution in [0.4, 0.5) is 5.82 Å². The highest BCUT2D eigenvalue weighted by atomic mass is 16.7. The van der Waals surface area contributed by atoms with Crippen molar-refractivity contribution < 1.29 is 14.3 Å². The lowest BCUT2D eigenvalue weighted by Crippen LogP contribution is -2.25. The van der Waals surface area contributed by atoms with Gasteiger partial charge in [-0.25, -0.2) is 0 Å². The van der Waals surface area contributed by atoms with Crippen molar-refractivity contribution >= 4 is 11.7 Å². The number of hydrogen-bond acceptors (Lipinski definition) is 4. The van der Waals surface area contributed by atoms with Crippen LogP contribution >= 0.6 is 0 Å². The third-order valence-electron chi connectivity index (χ3n) is 4.46. The van der Waals surface area contributed by atoms with Gasteiger partial charge in [-0.3, -0.25) is 9.48 Å². The number of para-hydroxylation sites is 1. The maximum atomic E-state index is 12.2. The fraction of sp³-hybridized carbons (Fsp3) is 0.412. The Bertz CT molecular complexity index is 795. The standard InChI is InChI=1S/C17H19N3O3/c1-9(2)15-14-11(7-13(21)18-17(14)20(3)19-15)10-5-4-6-12-16(10)23-8-22-12/h4-6,9,11H,7-8H2,1-3H3,(H,18,21). The molecule has 0 spiro atoms. The van der Waals surface area contributed by atoms with Gasteiger partial charge in [0.1, 0.15) is 5.82 Å². The first-order valence-electron chi connectivity index (χ1n) is 7.81. The highest BCUT2D eigenvalue weighted by Crippen LogP contribution is 2.47. The van der Waals surface area contributed by atoms with Crippen LogP contribution in [0.5, 0.6) is 11.5 Å². The zero-order valence-corrected chi connectivity index (χ0v) is 13.4. The SMILES string of the molecule is CC(C)c1nn(C)c2c1C(c1cccc3c1OCO3)CC(=O)N2. The third kappa shape index (κ3) is 2.09. The van der Waals surface area contributed by atoms with Crippen LogP contribution < -0.4 is 14.8 Å². The Labute approximate surface area is 134 Å². The lowest BCUT2D eigenvalue weighted by Gasteiger charge is -2.25. The summed E-state index contributed by atoms with van der Waals surface area (Å²) in [6.07, 6.45) is 0.387. The molecule has 1 aromatic carbocycles. The van der Waals surface area contributed by atoms with Crippen LogP contribution in [0.1, 0.15) is 48.9 Å². The molecule has 1 unspecified atom stereocenters. The van der Waals surface area contributed by atoms with Crippen molar-refractivity contribution in [3.05, 3.63) is 35.0 Å². The van der Waals surface area contributed by atoms with Crippen LogP contribution in [-0.4, -0.2) is 22.5 Å². The number of anilines is 1. The molecule has 0 aliphatic carbocycles. The monoisotopic (exact) mass is 313 g/mol. The number of amides is 1. The molecule has 1 atom stereocenters. The molecule has 0 radical (unpaired) electrons. The molecule has 6 heteroatoms. The second kappa shape index (κ2) is 5.01. The van der Waals surface area contributed by atoms with E-state index in [1.165, 1.54) is 0 Å². The number of ether oxygens (including phenoxy) is 2. The van der Waals surface area contributed by atoms with Gasteiger partial charge in [-0.2, -0.15) is 5.10 Å². The molecule has 2 aliphatic rings. The van der Waals surface area contributed by atoms with Crippen molar-refractivity contribution in [1.82, 2.24) is 9.78 Å². The Morgan fingerprint density at radius 1 is 1.35 bits per heavy atom. The number of benzene rings is 1. The van der Waals surface area contributed by atoms with E-state index in [0.717, 1.165) is 34.1 Å². The summed E-state index contributed by atoms with van der Waals surface area (Å²) in [5.41, 5.74) is 3.10. The van der Waals surface area contributed by atoms with Gasteiger partial charge in [0.05, 0.1) is 5.69 Å². The van der Waals surface area contributed by atoms with Gasteiger partial charge >= 0.3 is 0 Å². The Kier molecular flexibility index (Phi) is 3.07. The molecule has 1 aromatic heterocycles. The summed E-state index contributed by atoms with van der Waals surface area (Å²) in [5, 5.41) is 7.59. The Hall–Kier alpha value is -2.50. The van der Waals surface area contributed by atoms with E-state index in [2.05, 4.69) is 24.3 Å². The largest absolute Gasteiger partial charge is 0.454 e. The van der Waals surface area contributed by atoms with Crippen molar-refractivity contribution in [2.45, 2.75) is 32.1 Å². The van der Waals surface area contributed by atoms with E-state index >= 15 is 0 Å². The number of aryl methyl sites for hydroxylation is 1. The van der Waals surface area contributed by atoms with Gasteiger partial charge in [0, 0.05) is 30.5 Å². The maximum Gasteiger partial charge on any atom is 0.231 e. The van der Waals surface area contributed by atoms with Crippen LogP contribution in [-0.2, 0) is 11.8 Å². The molecule has 4 rings (SSSR count). The predicted octanol–water partition coefficient (Wildman–Crippen LogP) is 2.75. The van der Waals surface area contributed by atoms with Gasteiger partial charge in [-0.1, -0.05) is 26.0 Å². The third-order valence-corrected chi connectivity index (χ3v) is 4.46. The predicted molar refractivity (Wildman–Crippen MR) is 85.0 cm³/mol. The summed E-state index contributed by atoms with van der Waals surface area (Å²) < 4.78 is 12.9. The molecule has 0 fully saturated rings. The first-order valence-corrected chi connectivity index (χ1v) is 7.81. The van der Waals surface area contributed by atoms with E-state index in [1.54, 1.807) is 4.68 Å². The van der Waals surface area contributed by atoms with Crippen LogP contribution in [0.25, 0.3) is 0 Å². The average molecular weight is 313 g/mol. The number of rotatable bonds is 2. The highest BCUT2D eigenvalue weighted by molar-refractivity contribution is 5.95. The molecule has 1 N–H and O–H groups in total. The number of carbonyl (C=O) groups is 1. The van der Waals surface area contributed by atoms with E-state index in [1.807, 2.05) is 25.2 Å². The number of nitrogens with zero attached hydrogens (tertiary/aromatic N) is 2. The number of hydrogen-bond donors (Lipinski definition) is 1. The molecule has 0 saturated heterocycles. The Balaban J connectivity index is 1.92. The average Bonchev–Trinajstić information content (AvgIpc) is 3.11. The van der Waals surface area contributed by atoms with Crippen LogP contribution in [0.3, 0.4) is 0 Å². The molecule has 2 aromatic rings. The quantitative estimate of drug-likeness (QED) is 0.926. The Morgan fingerprint density at radius 2 is 2.17 bits per heavy atom. The Morgan fingerprint density at radius 3 is 2.96 bits per heavy atom. The molecule has 1 amide bonds. The number of carbonyl (C=O) groups excluding carboxylic acids is 1. The van der Waals surface area contributed by atoms with Gasteiger partial charge in [0.25, 0.3) is 0 Å². The summed E-state index contributed by atoms with van der Waals surface area (Å²) in [6.45, 7) is 4.46. The lowest BCUT2D eigenvalue weighted by atomic mass is 9.83. The normalized spacial score (nSPS) is 19.0. The van der Waals surface area contributed by atoms with E-state index in [9.17, 15) is 4.79 Å². The van der Waals surface area contributed by atoms with Gasteiger partial charge in [-0.15, -0.1) is 0 Å². The van der Waals surface area contributed by atoms with Crippen LogP contribution in [0, 0.1) is 0 Å². The second-order valence-electron chi connectivity index (χ2n) is 6.31. The van der Waals surface area contributed by atoms with Crippen LogP contribution in [0.2, 0.25) is 0 Å². The summed E-state index contributed by atoms with van der Waals surface area (Å²) >= 11 is 0. The molecule has 0 bridgehead atoms. The molecular weight excluding hydrogens is 294 g/mol. The minimum Gasteiger partial charge on any atom is -0.454 e. The smallest absolute Gasteiger partial charge is 0.231 e.